The molecule has 14 heavy (non-hydrogen) atoms. The SMILES string of the molecule is NC(=O)CCC[C@H](C(=O)O)S(=O)(=O)O. The molecule has 0 heterocycles. The number of hydrogen-bond donors (Lipinski definition) is 3. The van der Waals surface area contributed by atoms with Gasteiger partial charge in [0.2, 0.25) is 5.91 Å². The lowest BCUT2D eigenvalue weighted by molar-refractivity contribution is -0.137. The molecular formula is C6H11NO6S. The third-order valence-corrected chi connectivity index (χ3v) is 2.68. The molecule has 4 N–H and O–H groups in total. The van der Waals surface area contributed by atoms with E-state index in [2.05, 4.69) is 0 Å². The zero-order valence-corrected chi connectivity index (χ0v) is 8.03. The van der Waals surface area contributed by atoms with Crippen LogP contribution in [-0.4, -0.2) is 35.2 Å². The molecule has 0 aromatic heterocycles. The maximum atomic E-state index is 10.5. The summed E-state index contributed by atoms with van der Waals surface area (Å²) in [4.78, 5) is 20.6. The van der Waals surface area contributed by atoms with Crippen molar-refractivity contribution in [3.63, 3.8) is 0 Å². The van der Waals surface area contributed by atoms with E-state index in [0.29, 0.717) is 0 Å². The van der Waals surface area contributed by atoms with Gasteiger partial charge < -0.3 is 10.8 Å². The summed E-state index contributed by atoms with van der Waals surface area (Å²) in [6.45, 7) is 0. The molecule has 0 aliphatic heterocycles. The Balaban J connectivity index is 4.28. The van der Waals surface area contributed by atoms with Crippen molar-refractivity contribution < 1.29 is 27.7 Å². The summed E-state index contributed by atoms with van der Waals surface area (Å²) in [6.07, 6.45) is -0.442. The van der Waals surface area contributed by atoms with Gasteiger partial charge in [-0.25, -0.2) is 0 Å². The van der Waals surface area contributed by atoms with Crippen LogP contribution in [0.2, 0.25) is 0 Å². The van der Waals surface area contributed by atoms with Crippen LogP contribution < -0.4 is 5.73 Å². The van der Waals surface area contributed by atoms with Gasteiger partial charge in [0.1, 0.15) is 0 Å². The average molecular weight is 225 g/mol. The van der Waals surface area contributed by atoms with E-state index in [-0.39, 0.29) is 19.3 Å². The highest BCUT2D eigenvalue weighted by molar-refractivity contribution is 7.87. The molecule has 0 aromatic carbocycles. The summed E-state index contributed by atoms with van der Waals surface area (Å²) in [6, 6.07) is 0. The molecule has 0 aromatic rings. The van der Waals surface area contributed by atoms with Crippen LogP contribution >= 0.6 is 0 Å². The number of carbonyl (C=O) groups excluding carboxylic acids is 1. The van der Waals surface area contributed by atoms with Crippen molar-refractivity contribution >= 4 is 22.0 Å². The fourth-order valence-electron chi connectivity index (χ4n) is 0.861. The van der Waals surface area contributed by atoms with Crippen molar-refractivity contribution in [2.75, 3.05) is 0 Å². The van der Waals surface area contributed by atoms with Crippen molar-refractivity contribution in [2.24, 2.45) is 5.73 Å². The molecule has 8 heteroatoms. The lowest BCUT2D eigenvalue weighted by Crippen LogP contribution is -2.29. The predicted octanol–water partition coefficient (Wildman–Crippen LogP) is -1.02. The lowest BCUT2D eigenvalue weighted by Gasteiger charge is -2.07. The van der Waals surface area contributed by atoms with E-state index < -0.39 is 27.2 Å². The standard InChI is InChI=1S/C6H11NO6S/c7-5(8)3-1-2-4(6(9)10)14(11,12)13/h4H,1-3H2,(H2,7,8)(H,9,10)(H,11,12,13)/t4-/m1/s1. The fourth-order valence-corrected chi connectivity index (χ4v) is 1.58. The highest BCUT2D eigenvalue weighted by Crippen LogP contribution is 2.09. The van der Waals surface area contributed by atoms with Gasteiger partial charge in [0.05, 0.1) is 0 Å². The molecule has 0 saturated heterocycles. The number of amides is 1. The van der Waals surface area contributed by atoms with Crippen LogP contribution in [0, 0.1) is 0 Å². The summed E-state index contributed by atoms with van der Waals surface area (Å²) in [5.74, 6) is -2.29. The molecule has 0 rings (SSSR count). The number of aliphatic carboxylic acids is 1. The third-order valence-electron chi connectivity index (χ3n) is 1.52. The Bertz CT molecular complexity index is 321. The van der Waals surface area contributed by atoms with Crippen molar-refractivity contribution in [1.82, 2.24) is 0 Å². The van der Waals surface area contributed by atoms with Crippen LogP contribution in [0.15, 0.2) is 0 Å². The first-order valence-corrected chi connectivity index (χ1v) is 5.23. The molecule has 0 spiro atoms. The van der Waals surface area contributed by atoms with Gasteiger partial charge >= 0.3 is 5.97 Å². The maximum Gasteiger partial charge on any atom is 0.324 e. The van der Waals surface area contributed by atoms with Crippen LogP contribution in [0.4, 0.5) is 0 Å². The van der Waals surface area contributed by atoms with Gasteiger partial charge in [-0.05, 0) is 12.8 Å². The summed E-state index contributed by atoms with van der Waals surface area (Å²) in [5, 5.41) is 6.53. The van der Waals surface area contributed by atoms with Crippen LogP contribution in [0.5, 0.6) is 0 Å². The number of carboxylic acid groups (broad SMARTS) is 1. The van der Waals surface area contributed by atoms with E-state index in [9.17, 15) is 18.0 Å². The molecule has 0 saturated carbocycles. The second kappa shape index (κ2) is 4.91. The van der Waals surface area contributed by atoms with Gasteiger partial charge in [-0.1, -0.05) is 0 Å². The molecule has 1 atom stereocenters. The second-order valence-electron chi connectivity index (χ2n) is 2.70. The van der Waals surface area contributed by atoms with Crippen molar-refractivity contribution in [3.8, 4) is 0 Å². The first kappa shape index (κ1) is 12.8. The number of rotatable bonds is 6. The van der Waals surface area contributed by atoms with Gasteiger partial charge in [0.15, 0.2) is 5.25 Å². The minimum Gasteiger partial charge on any atom is -0.480 e. The predicted molar refractivity (Wildman–Crippen MR) is 46.0 cm³/mol. The van der Waals surface area contributed by atoms with Gasteiger partial charge in [-0.2, -0.15) is 8.42 Å². The molecule has 1 amide bonds. The van der Waals surface area contributed by atoms with Crippen molar-refractivity contribution in [2.45, 2.75) is 24.5 Å². The fraction of sp³-hybridized carbons (Fsp3) is 0.667. The second-order valence-corrected chi connectivity index (χ2v) is 4.30. The smallest absolute Gasteiger partial charge is 0.324 e. The first-order valence-electron chi connectivity index (χ1n) is 3.72. The minimum atomic E-state index is -4.61. The molecule has 0 aliphatic rings. The quantitative estimate of drug-likeness (QED) is 0.495. The van der Waals surface area contributed by atoms with Crippen LogP contribution in [0.1, 0.15) is 19.3 Å². The summed E-state index contributed by atoms with van der Waals surface area (Å²) < 4.78 is 29.5. The minimum absolute atomic E-state index is 0.00604. The zero-order valence-electron chi connectivity index (χ0n) is 7.21. The lowest BCUT2D eigenvalue weighted by atomic mass is 10.2. The van der Waals surface area contributed by atoms with Crippen LogP contribution in [0.3, 0.4) is 0 Å². The number of primary amides is 1. The number of carbonyl (C=O) groups is 2. The highest BCUT2D eigenvalue weighted by atomic mass is 32.2. The summed E-state index contributed by atoms with van der Waals surface area (Å²) in [5.41, 5.74) is 4.77. The third kappa shape index (κ3) is 4.77. The molecule has 7 nitrogen and oxygen atoms in total. The van der Waals surface area contributed by atoms with E-state index in [0.717, 1.165) is 0 Å². The Labute approximate surface area is 80.6 Å². The van der Waals surface area contributed by atoms with E-state index in [1.807, 2.05) is 0 Å². The molecule has 0 radical (unpaired) electrons. The Morgan fingerprint density at radius 3 is 2.14 bits per heavy atom. The maximum absolute atomic E-state index is 10.5. The Kier molecular flexibility index (Phi) is 4.51. The summed E-state index contributed by atoms with van der Waals surface area (Å²) >= 11 is 0. The van der Waals surface area contributed by atoms with E-state index in [1.54, 1.807) is 0 Å². The molecular weight excluding hydrogens is 214 g/mol. The number of nitrogens with two attached hydrogens (primary N) is 1. The zero-order chi connectivity index (χ0) is 11.4. The Morgan fingerprint density at radius 2 is 1.86 bits per heavy atom. The summed E-state index contributed by atoms with van der Waals surface area (Å²) in [7, 11) is -4.61. The first-order chi connectivity index (χ1) is 6.25. The molecule has 0 fully saturated rings. The van der Waals surface area contributed by atoms with Gasteiger partial charge in [0.25, 0.3) is 10.1 Å². The highest BCUT2D eigenvalue weighted by Gasteiger charge is 2.30. The largest absolute Gasteiger partial charge is 0.480 e. The normalized spacial score (nSPS) is 13.5. The van der Waals surface area contributed by atoms with Crippen molar-refractivity contribution in [3.05, 3.63) is 0 Å². The average Bonchev–Trinajstić information content (AvgIpc) is 1.94. The van der Waals surface area contributed by atoms with Gasteiger partial charge in [-0.3, -0.25) is 14.1 Å². The van der Waals surface area contributed by atoms with Crippen LogP contribution in [0.25, 0.3) is 0 Å². The monoisotopic (exact) mass is 225 g/mol. The van der Waals surface area contributed by atoms with E-state index >= 15 is 0 Å². The van der Waals surface area contributed by atoms with Crippen molar-refractivity contribution in [1.29, 1.82) is 0 Å². The van der Waals surface area contributed by atoms with E-state index in [1.165, 1.54) is 0 Å². The van der Waals surface area contributed by atoms with Gasteiger partial charge in [-0.15, -0.1) is 0 Å². The molecule has 82 valence electrons. The van der Waals surface area contributed by atoms with Gasteiger partial charge in [0, 0.05) is 6.42 Å². The Morgan fingerprint density at radius 1 is 1.36 bits per heavy atom. The Hall–Kier alpha value is -1.15. The molecule has 0 bridgehead atoms. The molecule has 0 unspecified atom stereocenters. The number of carboxylic acids is 1. The van der Waals surface area contributed by atoms with E-state index in [4.69, 9.17) is 15.4 Å². The molecule has 0 aliphatic carbocycles. The van der Waals surface area contributed by atoms with Crippen LogP contribution in [-0.2, 0) is 19.7 Å². The topological polar surface area (TPSA) is 135 Å². The number of hydrogen-bond acceptors (Lipinski definition) is 4.